The number of nitrogens with zero attached hydrogens (tertiary/aromatic N) is 2. The SMILES string of the molecule is CCCN1C=C(SCc2ccccc2)NN1C. The highest BCUT2D eigenvalue weighted by atomic mass is 32.2. The van der Waals surface area contributed by atoms with Crippen LogP contribution in [0, 0.1) is 0 Å². The molecule has 92 valence electrons. The van der Waals surface area contributed by atoms with Crippen LogP contribution in [0.15, 0.2) is 41.6 Å². The van der Waals surface area contributed by atoms with Crippen LogP contribution in [0.1, 0.15) is 18.9 Å². The van der Waals surface area contributed by atoms with Crippen molar-refractivity contribution >= 4 is 11.8 Å². The molecule has 0 spiro atoms. The average Bonchev–Trinajstić information content (AvgIpc) is 2.70. The summed E-state index contributed by atoms with van der Waals surface area (Å²) in [6.45, 7) is 3.25. The van der Waals surface area contributed by atoms with E-state index in [0.29, 0.717) is 0 Å². The molecule has 2 rings (SSSR count). The van der Waals surface area contributed by atoms with Gasteiger partial charge in [0, 0.05) is 25.5 Å². The predicted octanol–water partition coefficient (Wildman–Crippen LogP) is 2.80. The maximum atomic E-state index is 3.34. The molecule has 1 aromatic carbocycles. The molecule has 3 nitrogen and oxygen atoms in total. The maximum Gasteiger partial charge on any atom is 0.102 e. The molecule has 0 fully saturated rings. The molecule has 4 heteroatoms. The lowest BCUT2D eigenvalue weighted by atomic mass is 10.2. The van der Waals surface area contributed by atoms with E-state index in [1.165, 1.54) is 10.6 Å². The number of hydrogen-bond acceptors (Lipinski definition) is 4. The third kappa shape index (κ3) is 3.41. The van der Waals surface area contributed by atoms with E-state index < -0.39 is 0 Å². The minimum atomic E-state index is 1.01. The molecule has 1 heterocycles. The Balaban J connectivity index is 1.86. The van der Waals surface area contributed by atoms with Gasteiger partial charge in [0.25, 0.3) is 0 Å². The van der Waals surface area contributed by atoms with E-state index in [-0.39, 0.29) is 0 Å². The third-order valence-corrected chi connectivity index (χ3v) is 3.60. The van der Waals surface area contributed by atoms with Crippen molar-refractivity contribution in [1.82, 2.24) is 15.6 Å². The molecule has 0 saturated heterocycles. The second kappa shape index (κ2) is 5.98. The molecule has 0 aliphatic carbocycles. The lowest BCUT2D eigenvalue weighted by Crippen LogP contribution is -2.38. The van der Waals surface area contributed by atoms with Crippen molar-refractivity contribution in [3.63, 3.8) is 0 Å². The highest BCUT2D eigenvalue weighted by Crippen LogP contribution is 2.23. The first-order valence-corrected chi connectivity index (χ1v) is 6.93. The Morgan fingerprint density at radius 2 is 2.00 bits per heavy atom. The molecule has 0 amide bonds. The summed E-state index contributed by atoms with van der Waals surface area (Å²) in [6.07, 6.45) is 3.33. The van der Waals surface area contributed by atoms with Gasteiger partial charge in [-0.1, -0.05) is 37.3 Å². The highest BCUT2D eigenvalue weighted by molar-refractivity contribution is 8.02. The lowest BCUT2D eigenvalue weighted by Gasteiger charge is -2.23. The molecule has 0 unspecified atom stereocenters. The van der Waals surface area contributed by atoms with E-state index >= 15 is 0 Å². The summed E-state index contributed by atoms with van der Waals surface area (Å²) in [7, 11) is 2.04. The molecule has 0 saturated carbocycles. The molecule has 1 aromatic rings. The number of benzene rings is 1. The minimum Gasteiger partial charge on any atom is -0.294 e. The first-order chi connectivity index (χ1) is 8.29. The Morgan fingerprint density at radius 1 is 1.24 bits per heavy atom. The Kier molecular flexibility index (Phi) is 4.34. The summed E-state index contributed by atoms with van der Waals surface area (Å²) in [4.78, 5) is 0. The van der Waals surface area contributed by atoms with Crippen LogP contribution in [-0.4, -0.2) is 23.7 Å². The van der Waals surface area contributed by atoms with Gasteiger partial charge in [0.15, 0.2) is 0 Å². The van der Waals surface area contributed by atoms with Gasteiger partial charge >= 0.3 is 0 Å². The smallest absolute Gasteiger partial charge is 0.102 e. The Labute approximate surface area is 107 Å². The zero-order chi connectivity index (χ0) is 12.1. The van der Waals surface area contributed by atoms with Crippen LogP contribution < -0.4 is 5.43 Å². The van der Waals surface area contributed by atoms with Crippen LogP contribution >= 0.6 is 11.8 Å². The minimum absolute atomic E-state index is 1.01. The van der Waals surface area contributed by atoms with Gasteiger partial charge < -0.3 is 0 Å². The second-order valence-electron chi connectivity index (χ2n) is 4.07. The Bertz CT molecular complexity index is 378. The van der Waals surface area contributed by atoms with Crippen LogP contribution in [0.5, 0.6) is 0 Å². The van der Waals surface area contributed by atoms with Crippen LogP contribution in [0.3, 0.4) is 0 Å². The van der Waals surface area contributed by atoms with Crippen molar-refractivity contribution in [2.45, 2.75) is 19.1 Å². The van der Waals surface area contributed by atoms with Gasteiger partial charge in [-0.15, -0.1) is 16.9 Å². The van der Waals surface area contributed by atoms with Gasteiger partial charge in [-0.2, -0.15) is 0 Å². The van der Waals surface area contributed by atoms with Gasteiger partial charge in [0.2, 0.25) is 0 Å². The lowest BCUT2D eigenvalue weighted by molar-refractivity contribution is 0.0376. The molecule has 1 aliphatic heterocycles. The van der Waals surface area contributed by atoms with Gasteiger partial charge in [-0.25, -0.2) is 0 Å². The van der Waals surface area contributed by atoms with E-state index in [0.717, 1.165) is 18.7 Å². The predicted molar refractivity (Wildman–Crippen MR) is 73.7 cm³/mol. The summed E-state index contributed by atoms with van der Waals surface area (Å²) in [5.41, 5.74) is 4.70. The largest absolute Gasteiger partial charge is 0.294 e. The van der Waals surface area contributed by atoms with Gasteiger partial charge in [0.1, 0.15) is 5.03 Å². The molecule has 0 radical (unpaired) electrons. The van der Waals surface area contributed by atoms with Crippen LogP contribution in [0.25, 0.3) is 0 Å². The summed E-state index contributed by atoms with van der Waals surface area (Å²) in [6, 6.07) is 10.5. The van der Waals surface area contributed by atoms with E-state index in [1.54, 1.807) is 0 Å². The van der Waals surface area contributed by atoms with Crippen molar-refractivity contribution in [3.8, 4) is 0 Å². The van der Waals surface area contributed by atoms with Crippen molar-refractivity contribution in [2.75, 3.05) is 13.6 Å². The van der Waals surface area contributed by atoms with Gasteiger partial charge in [0.05, 0.1) is 0 Å². The topological polar surface area (TPSA) is 18.5 Å². The summed E-state index contributed by atoms with van der Waals surface area (Å²) >= 11 is 1.84. The second-order valence-corrected chi connectivity index (χ2v) is 5.08. The number of hydrazine groups is 2. The van der Waals surface area contributed by atoms with E-state index in [1.807, 2.05) is 23.9 Å². The van der Waals surface area contributed by atoms with Crippen LogP contribution in [-0.2, 0) is 5.75 Å². The molecular weight excluding hydrogens is 230 g/mol. The van der Waals surface area contributed by atoms with Gasteiger partial charge in [-0.3, -0.25) is 10.4 Å². The fraction of sp³-hybridized carbons (Fsp3) is 0.385. The average molecular weight is 249 g/mol. The van der Waals surface area contributed by atoms with Crippen molar-refractivity contribution < 1.29 is 0 Å². The number of rotatable bonds is 5. The summed E-state index contributed by atoms with van der Waals surface area (Å²) in [5, 5.41) is 5.45. The van der Waals surface area contributed by atoms with Gasteiger partial charge in [-0.05, 0) is 12.0 Å². The normalized spacial score (nSPS) is 15.9. The molecule has 0 atom stereocenters. The molecule has 1 N–H and O–H groups in total. The Hall–Kier alpha value is -1.13. The monoisotopic (exact) mass is 249 g/mol. The Morgan fingerprint density at radius 3 is 2.71 bits per heavy atom. The summed E-state index contributed by atoms with van der Waals surface area (Å²) < 4.78 is 0. The van der Waals surface area contributed by atoms with E-state index in [9.17, 15) is 0 Å². The van der Waals surface area contributed by atoms with Crippen molar-refractivity contribution in [1.29, 1.82) is 0 Å². The first kappa shape index (κ1) is 12.3. The molecule has 0 bridgehead atoms. The number of nitrogens with one attached hydrogen (secondary N) is 1. The van der Waals surface area contributed by atoms with Crippen LogP contribution in [0.4, 0.5) is 0 Å². The van der Waals surface area contributed by atoms with E-state index in [4.69, 9.17) is 0 Å². The maximum absolute atomic E-state index is 3.34. The fourth-order valence-electron chi connectivity index (χ4n) is 1.72. The fourth-order valence-corrected chi connectivity index (χ4v) is 2.63. The summed E-state index contributed by atoms with van der Waals surface area (Å²) in [5.74, 6) is 1.01. The van der Waals surface area contributed by atoms with Crippen LogP contribution in [0.2, 0.25) is 0 Å². The zero-order valence-electron chi connectivity index (χ0n) is 10.4. The zero-order valence-corrected chi connectivity index (χ0v) is 11.2. The molecule has 1 aliphatic rings. The molecular formula is C13H19N3S. The van der Waals surface area contributed by atoms with E-state index in [2.05, 4.69) is 53.9 Å². The first-order valence-electron chi connectivity index (χ1n) is 5.95. The number of thioether (sulfide) groups is 1. The standard InChI is InChI=1S/C13H19N3S/c1-3-9-16-10-13(14-15(16)2)17-11-12-7-5-4-6-8-12/h4-8,10,14H,3,9,11H2,1-2H3. The molecule has 17 heavy (non-hydrogen) atoms. The number of hydrogen-bond donors (Lipinski definition) is 1. The van der Waals surface area contributed by atoms with Crippen molar-refractivity contribution in [3.05, 3.63) is 47.1 Å². The third-order valence-electron chi connectivity index (χ3n) is 2.61. The molecule has 0 aromatic heterocycles. The van der Waals surface area contributed by atoms with Crippen molar-refractivity contribution in [2.24, 2.45) is 0 Å². The highest BCUT2D eigenvalue weighted by Gasteiger charge is 2.16. The quantitative estimate of drug-likeness (QED) is 0.864.